The zero-order chi connectivity index (χ0) is 12.3. The lowest BCUT2D eigenvalue weighted by Gasteiger charge is -1.98. The highest BCUT2D eigenvalue weighted by molar-refractivity contribution is 5.96. The second-order valence-electron chi connectivity index (χ2n) is 3.74. The summed E-state index contributed by atoms with van der Waals surface area (Å²) in [6, 6.07) is 6.96. The number of amides is 1. The Kier molecular flexibility index (Phi) is 3.14. The van der Waals surface area contributed by atoms with Crippen LogP contribution in [0.25, 0.3) is 11.0 Å². The fourth-order valence-electron chi connectivity index (χ4n) is 1.55. The quantitative estimate of drug-likeness (QED) is 0.481. The summed E-state index contributed by atoms with van der Waals surface area (Å²) in [7, 11) is 0. The fraction of sp³-hybridized carbons (Fsp3) is 0.154. The van der Waals surface area contributed by atoms with Gasteiger partial charge in [0.25, 0.3) is 5.91 Å². The molecule has 0 saturated carbocycles. The van der Waals surface area contributed by atoms with Crippen molar-refractivity contribution in [2.24, 2.45) is 0 Å². The molecule has 4 heteroatoms. The van der Waals surface area contributed by atoms with E-state index >= 15 is 0 Å². The first-order valence-electron chi connectivity index (χ1n) is 5.39. The Balaban J connectivity index is 2.18. The van der Waals surface area contributed by atoms with E-state index in [4.69, 9.17) is 10.2 Å². The SMILES string of the molecule is C=CCCNC(=O)c1cc2cc(N)ccc2o1. The topological polar surface area (TPSA) is 68.3 Å². The molecule has 0 bridgehead atoms. The van der Waals surface area contributed by atoms with Crippen LogP contribution in [-0.4, -0.2) is 12.5 Å². The standard InChI is InChI=1S/C13H14N2O2/c1-2-3-6-15-13(16)12-8-9-7-10(14)4-5-11(9)17-12/h2,4-5,7-8H,1,3,6,14H2,(H,15,16). The molecule has 3 N–H and O–H groups in total. The maximum atomic E-state index is 11.7. The average Bonchev–Trinajstić information content (AvgIpc) is 2.72. The minimum Gasteiger partial charge on any atom is -0.451 e. The molecule has 0 fully saturated rings. The largest absolute Gasteiger partial charge is 0.451 e. The van der Waals surface area contributed by atoms with Crippen molar-refractivity contribution in [3.63, 3.8) is 0 Å². The lowest BCUT2D eigenvalue weighted by molar-refractivity contribution is 0.0929. The number of benzene rings is 1. The smallest absolute Gasteiger partial charge is 0.287 e. The second-order valence-corrected chi connectivity index (χ2v) is 3.74. The van der Waals surface area contributed by atoms with Gasteiger partial charge in [-0.3, -0.25) is 4.79 Å². The number of hydrogen-bond acceptors (Lipinski definition) is 3. The third-order valence-corrected chi connectivity index (χ3v) is 2.40. The van der Waals surface area contributed by atoms with Crippen molar-refractivity contribution in [1.29, 1.82) is 0 Å². The van der Waals surface area contributed by atoms with Crippen LogP contribution >= 0.6 is 0 Å². The minimum absolute atomic E-state index is 0.221. The summed E-state index contributed by atoms with van der Waals surface area (Å²) < 4.78 is 5.42. The Hall–Kier alpha value is -2.23. The Bertz CT molecular complexity index is 558. The Morgan fingerprint density at radius 3 is 3.06 bits per heavy atom. The first kappa shape index (κ1) is 11.3. The van der Waals surface area contributed by atoms with Crippen LogP contribution < -0.4 is 11.1 Å². The van der Waals surface area contributed by atoms with Crippen LogP contribution in [0.2, 0.25) is 0 Å². The highest BCUT2D eigenvalue weighted by Gasteiger charge is 2.11. The summed E-state index contributed by atoms with van der Waals surface area (Å²) in [5.74, 6) is 0.0799. The molecule has 4 nitrogen and oxygen atoms in total. The van der Waals surface area contributed by atoms with Crippen molar-refractivity contribution < 1.29 is 9.21 Å². The highest BCUT2D eigenvalue weighted by Crippen LogP contribution is 2.21. The number of nitrogens with two attached hydrogens (primary N) is 1. The molecule has 0 saturated heterocycles. The van der Waals surface area contributed by atoms with Crippen LogP contribution in [0.5, 0.6) is 0 Å². The van der Waals surface area contributed by atoms with Gasteiger partial charge in [-0.1, -0.05) is 6.08 Å². The molecule has 0 aliphatic rings. The molecule has 2 rings (SSSR count). The van der Waals surface area contributed by atoms with E-state index in [-0.39, 0.29) is 5.91 Å². The van der Waals surface area contributed by atoms with E-state index in [1.165, 1.54) is 0 Å². The van der Waals surface area contributed by atoms with E-state index in [0.717, 1.165) is 11.8 Å². The van der Waals surface area contributed by atoms with Crippen LogP contribution in [0.15, 0.2) is 41.3 Å². The van der Waals surface area contributed by atoms with Crippen molar-refractivity contribution in [3.05, 3.63) is 42.7 Å². The van der Waals surface area contributed by atoms with E-state index in [2.05, 4.69) is 11.9 Å². The summed E-state index contributed by atoms with van der Waals surface area (Å²) in [6.45, 7) is 4.14. The number of fused-ring (bicyclic) bond motifs is 1. The molecule has 0 spiro atoms. The van der Waals surface area contributed by atoms with E-state index in [1.807, 2.05) is 0 Å². The van der Waals surface area contributed by atoms with Crippen LogP contribution in [-0.2, 0) is 0 Å². The Labute approximate surface area is 99.1 Å². The number of furan rings is 1. The molecule has 0 unspecified atom stereocenters. The summed E-state index contributed by atoms with van der Waals surface area (Å²) in [5.41, 5.74) is 6.96. The number of hydrogen-bond donors (Lipinski definition) is 2. The van der Waals surface area contributed by atoms with Crippen LogP contribution in [0, 0.1) is 0 Å². The molecule has 0 atom stereocenters. The van der Waals surface area contributed by atoms with Gasteiger partial charge in [-0.25, -0.2) is 0 Å². The first-order valence-corrected chi connectivity index (χ1v) is 5.39. The predicted molar refractivity (Wildman–Crippen MR) is 67.8 cm³/mol. The van der Waals surface area contributed by atoms with Gasteiger partial charge in [-0.15, -0.1) is 6.58 Å². The van der Waals surface area contributed by atoms with Gasteiger partial charge in [-0.05, 0) is 30.7 Å². The van der Waals surface area contributed by atoms with Crippen molar-refractivity contribution in [1.82, 2.24) is 5.32 Å². The molecule has 1 aromatic heterocycles. The van der Waals surface area contributed by atoms with Crippen LogP contribution in [0.3, 0.4) is 0 Å². The number of nitrogen functional groups attached to an aromatic ring is 1. The lowest BCUT2D eigenvalue weighted by atomic mass is 10.2. The summed E-state index contributed by atoms with van der Waals surface area (Å²) in [6.07, 6.45) is 2.48. The Morgan fingerprint density at radius 2 is 2.29 bits per heavy atom. The van der Waals surface area contributed by atoms with Gasteiger partial charge in [0.2, 0.25) is 0 Å². The molecule has 0 radical (unpaired) electrons. The molecule has 1 aromatic carbocycles. The molecule has 0 aliphatic heterocycles. The van der Waals surface area contributed by atoms with Gasteiger partial charge >= 0.3 is 0 Å². The second kappa shape index (κ2) is 4.74. The van der Waals surface area contributed by atoms with Crippen molar-refractivity contribution >= 4 is 22.6 Å². The number of rotatable bonds is 4. The first-order chi connectivity index (χ1) is 8.20. The van der Waals surface area contributed by atoms with Crippen molar-refractivity contribution in [3.8, 4) is 0 Å². The lowest BCUT2D eigenvalue weighted by Crippen LogP contribution is -2.23. The molecule has 1 amide bonds. The summed E-state index contributed by atoms with van der Waals surface area (Å²) in [5, 5.41) is 3.57. The fourth-order valence-corrected chi connectivity index (χ4v) is 1.55. The number of anilines is 1. The van der Waals surface area contributed by atoms with Crippen LogP contribution in [0.1, 0.15) is 17.0 Å². The highest BCUT2D eigenvalue weighted by atomic mass is 16.3. The molecule has 88 valence electrons. The average molecular weight is 230 g/mol. The van der Waals surface area contributed by atoms with E-state index in [1.54, 1.807) is 30.3 Å². The zero-order valence-corrected chi connectivity index (χ0v) is 9.40. The summed E-state index contributed by atoms with van der Waals surface area (Å²) in [4.78, 5) is 11.7. The van der Waals surface area contributed by atoms with Crippen LogP contribution in [0.4, 0.5) is 5.69 Å². The van der Waals surface area contributed by atoms with Gasteiger partial charge in [0, 0.05) is 17.6 Å². The number of nitrogens with one attached hydrogen (secondary N) is 1. The third kappa shape index (κ3) is 2.47. The van der Waals surface area contributed by atoms with Crippen molar-refractivity contribution in [2.75, 3.05) is 12.3 Å². The number of carbonyl (C=O) groups is 1. The van der Waals surface area contributed by atoms with Gasteiger partial charge in [0.1, 0.15) is 5.58 Å². The van der Waals surface area contributed by atoms with Gasteiger partial charge in [-0.2, -0.15) is 0 Å². The Morgan fingerprint density at radius 1 is 1.47 bits per heavy atom. The van der Waals surface area contributed by atoms with Gasteiger partial charge in [0.05, 0.1) is 0 Å². The maximum absolute atomic E-state index is 11.7. The third-order valence-electron chi connectivity index (χ3n) is 2.40. The minimum atomic E-state index is -0.221. The molecule has 17 heavy (non-hydrogen) atoms. The monoisotopic (exact) mass is 230 g/mol. The number of carbonyl (C=O) groups excluding carboxylic acids is 1. The molecule has 2 aromatic rings. The van der Waals surface area contributed by atoms with E-state index < -0.39 is 0 Å². The molecular weight excluding hydrogens is 216 g/mol. The van der Waals surface area contributed by atoms with Gasteiger partial charge in [0.15, 0.2) is 5.76 Å². The molecule has 0 aliphatic carbocycles. The normalized spacial score (nSPS) is 10.4. The molecule has 1 heterocycles. The van der Waals surface area contributed by atoms with E-state index in [9.17, 15) is 4.79 Å². The summed E-state index contributed by atoms with van der Waals surface area (Å²) >= 11 is 0. The van der Waals surface area contributed by atoms with E-state index in [0.29, 0.717) is 23.6 Å². The van der Waals surface area contributed by atoms with Crippen molar-refractivity contribution in [2.45, 2.75) is 6.42 Å². The predicted octanol–water partition coefficient (Wildman–Crippen LogP) is 2.32. The zero-order valence-electron chi connectivity index (χ0n) is 9.40. The maximum Gasteiger partial charge on any atom is 0.287 e. The molecular formula is C13H14N2O2. The van der Waals surface area contributed by atoms with Gasteiger partial charge < -0.3 is 15.5 Å².